The Morgan fingerprint density at radius 2 is 2.00 bits per heavy atom. The van der Waals surface area contributed by atoms with Gasteiger partial charge in [0.25, 0.3) is 0 Å². The number of carbonyl (C=O) groups is 2. The molecule has 1 aromatic carbocycles. The molecule has 0 saturated heterocycles. The van der Waals surface area contributed by atoms with E-state index in [0.717, 1.165) is 4.90 Å². The average Bonchev–Trinajstić information content (AvgIpc) is 2.81. The summed E-state index contributed by atoms with van der Waals surface area (Å²) < 4.78 is 20.4. The number of methoxy groups -OCH3 is 1. The third kappa shape index (κ3) is 7.16. The van der Waals surface area contributed by atoms with Gasteiger partial charge in [-0.3, -0.25) is 15.0 Å². The SMILES string of the molecule is CCOC(=O)N(Cc1cccc(OCC(=O)OC)c1)c1nc(OCCCN)nc(N)c1[N+](=O)[O-]. The average molecular weight is 478 g/mol. The van der Waals surface area contributed by atoms with E-state index in [0.29, 0.717) is 24.3 Å². The topological polar surface area (TPSA) is 195 Å². The fourth-order valence-electron chi connectivity index (χ4n) is 2.66. The maximum Gasteiger partial charge on any atom is 0.415 e. The van der Waals surface area contributed by atoms with E-state index < -0.39 is 34.3 Å². The molecule has 2 rings (SSSR count). The fourth-order valence-corrected chi connectivity index (χ4v) is 2.66. The van der Waals surface area contributed by atoms with E-state index in [-0.39, 0.29) is 32.4 Å². The minimum Gasteiger partial charge on any atom is -0.482 e. The summed E-state index contributed by atoms with van der Waals surface area (Å²) >= 11 is 0. The highest BCUT2D eigenvalue weighted by Gasteiger charge is 2.32. The van der Waals surface area contributed by atoms with Crippen LogP contribution in [0.25, 0.3) is 0 Å². The summed E-state index contributed by atoms with van der Waals surface area (Å²) in [6, 6.07) is 6.15. The Morgan fingerprint density at radius 3 is 2.65 bits per heavy atom. The molecule has 0 unspecified atom stereocenters. The van der Waals surface area contributed by atoms with Crippen LogP contribution in [0, 0.1) is 10.1 Å². The van der Waals surface area contributed by atoms with Gasteiger partial charge in [-0.15, -0.1) is 0 Å². The fraction of sp³-hybridized carbons (Fsp3) is 0.400. The lowest BCUT2D eigenvalue weighted by Gasteiger charge is -2.22. The van der Waals surface area contributed by atoms with E-state index in [1.54, 1.807) is 31.2 Å². The normalized spacial score (nSPS) is 10.3. The largest absolute Gasteiger partial charge is 0.482 e. The van der Waals surface area contributed by atoms with Gasteiger partial charge in [0.15, 0.2) is 6.61 Å². The molecule has 14 nitrogen and oxygen atoms in total. The second kappa shape index (κ2) is 12.7. The number of esters is 1. The Kier molecular flexibility index (Phi) is 9.76. The van der Waals surface area contributed by atoms with Crippen molar-refractivity contribution in [3.05, 3.63) is 39.9 Å². The quantitative estimate of drug-likeness (QED) is 0.193. The summed E-state index contributed by atoms with van der Waals surface area (Å²) in [7, 11) is 1.23. The highest BCUT2D eigenvalue weighted by molar-refractivity contribution is 5.90. The van der Waals surface area contributed by atoms with Crippen molar-refractivity contribution in [3.8, 4) is 11.8 Å². The molecule has 1 aromatic heterocycles. The number of nitrogens with two attached hydrogens (primary N) is 2. The molecule has 0 aliphatic carbocycles. The van der Waals surface area contributed by atoms with E-state index in [1.807, 2.05) is 0 Å². The van der Waals surface area contributed by atoms with Crippen molar-refractivity contribution < 1.29 is 33.5 Å². The Morgan fingerprint density at radius 1 is 1.24 bits per heavy atom. The number of hydrogen-bond acceptors (Lipinski definition) is 12. The number of carbonyl (C=O) groups excluding carboxylic acids is 2. The van der Waals surface area contributed by atoms with Crippen molar-refractivity contribution in [2.24, 2.45) is 5.73 Å². The van der Waals surface area contributed by atoms with Crippen molar-refractivity contribution in [1.82, 2.24) is 9.97 Å². The summed E-state index contributed by atoms with van der Waals surface area (Å²) in [5, 5.41) is 11.7. The van der Waals surface area contributed by atoms with Crippen LogP contribution in [0.1, 0.15) is 18.9 Å². The van der Waals surface area contributed by atoms with E-state index in [1.165, 1.54) is 7.11 Å². The molecular weight excluding hydrogens is 452 g/mol. The van der Waals surface area contributed by atoms with Crippen molar-refractivity contribution in [1.29, 1.82) is 0 Å². The van der Waals surface area contributed by atoms with E-state index >= 15 is 0 Å². The molecule has 1 heterocycles. The van der Waals surface area contributed by atoms with Gasteiger partial charge < -0.3 is 30.4 Å². The third-order valence-electron chi connectivity index (χ3n) is 4.20. The second-order valence-corrected chi connectivity index (χ2v) is 6.61. The van der Waals surface area contributed by atoms with Gasteiger partial charge in [-0.05, 0) is 37.6 Å². The van der Waals surface area contributed by atoms with Crippen molar-refractivity contribution in [2.75, 3.05) is 44.1 Å². The van der Waals surface area contributed by atoms with Crippen molar-refractivity contribution in [3.63, 3.8) is 0 Å². The maximum atomic E-state index is 12.8. The van der Waals surface area contributed by atoms with Crippen LogP contribution in [-0.2, 0) is 20.8 Å². The smallest absolute Gasteiger partial charge is 0.415 e. The molecule has 0 spiro atoms. The zero-order chi connectivity index (χ0) is 25.1. The molecule has 0 aliphatic heterocycles. The summed E-state index contributed by atoms with van der Waals surface area (Å²) in [6.45, 7) is 1.56. The van der Waals surface area contributed by atoms with Gasteiger partial charge in [0.05, 0.1) is 31.8 Å². The van der Waals surface area contributed by atoms with Crippen LogP contribution in [0.15, 0.2) is 24.3 Å². The lowest BCUT2D eigenvalue weighted by molar-refractivity contribution is -0.383. The second-order valence-electron chi connectivity index (χ2n) is 6.61. The van der Waals surface area contributed by atoms with E-state index in [4.69, 9.17) is 25.7 Å². The summed E-state index contributed by atoms with van der Waals surface area (Å²) in [6.07, 6.45) is -0.423. The van der Waals surface area contributed by atoms with Crippen LogP contribution in [0.2, 0.25) is 0 Å². The number of rotatable bonds is 12. The van der Waals surface area contributed by atoms with Gasteiger partial charge in [-0.25, -0.2) is 9.59 Å². The zero-order valence-electron chi connectivity index (χ0n) is 18.8. The first kappa shape index (κ1) is 26.1. The van der Waals surface area contributed by atoms with Gasteiger partial charge in [0.1, 0.15) is 5.75 Å². The number of nitro groups is 1. The first-order valence-corrected chi connectivity index (χ1v) is 10.2. The number of anilines is 2. The Balaban J connectivity index is 2.45. The maximum absolute atomic E-state index is 12.8. The van der Waals surface area contributed by atoms with Crippen LogP contribution >= 0.6 is 0 Å². The first-order chi connectivity index (χ1) is 16.3. The number of benzene rings is 1. The monoisotopic (exact) mass is 478 g/mol. The van der Waals surface area contributed by atoms with Crippen LogP contribution in [-0.4, -0.2) is 60.4 Å². The number of nitrogens with zero attached hydrogens (tertiary/aromatic N) is 4. The molecule has 14 heteroatoms. The third-order valence-corrected chi connectivity index (χ3v) is 4.20. The number of amides is 1. The Labute approximate surface area is 194 Å². The number of nitrogen functional groups attached to an aromatic ring is 1. The Bertz CT molecular complexity index is 1020. The molecule has 0 saturated carbocycles. The molecule has 0 aliphatic rings. The minimum absolute atomic E-state index is 0.00579. The number of aromatic nitrogens is 2. The lowest BCUT2D eigenvalue weighted by Crippen LogP contribution is -2.33. The van der Waals surface area contributed by atoms with Crippen LogP contribution < -0.4 is 25.8 Å². The molecule has 0 radical (unpaired) electrons. The standard InChI is InChI=1S/C20H26N6O8/c1-3-32-20(28)25(11-13-6-4-7-14(10-13)34-12-15(27)31-2)18-16(26(29)30)17(22)23-19(24-18)33-9-5-8-21/h4,6-7,10H,3,5,8-9,11-12,21H2,1-2H3,(H2,22,23,24). The van der Waals surface area contributed by atoms with Crippen molar-refractivity contribution in [2.45, 2.75) is 19.9 Å². The van der Waals surface area contributed by atoms with Gasteiger partial charge in [-0.2, -0.15) is 9.97 Å². The molecule has 1 amide bonds. The van der Waals surface area contributed by atoms with Crippen molar-refractivity contribution >= 4 is 29.4 Å². The summed E-state index contributed by atoms with van der Waals surface area (Å²) in [4.78, 5) is 43.8. The van der Waals surface area contributed by atoms with Gasteiger partial charge in [0, 0.05) is 0 Å². The zero-order valence-corrected chi connectivity index (χ0v) is 18.8. The lowest BCUT2D eigenvalue weighted by atomic mass is 10.2. The molecule has 0 bridgehead atoms. The predicted molar refractivity (Wildman–Crippen MR) is 119 cm³/mol. The number of hydrogen-bond donors (Lipinski definition) is 2. The van der Waals surface area contributed by atoms with Crippen LogP contribution in [0.5, 0.6) is 11.8 Å². The molecule has 0 fully saturated rings. The molecule has 4 N–H and O–H groups in total. The highest BCUT2D eigenvalue weighted by Crippen LogP contribution is 2.34. The summed E-state index contributed by atoms with van der Waals surface area (Å²) in [5.74, 6) is -1.15. The van der Waals surface area contributed by atoms with Crippen LogP contribution in [0.3, 0.4) is 0 Å². The highest BCUT2D eigenvalue weighted by atomic mass is 16.6. The van der Waals surface area contributed by atoms with Crippen LogP contribution in [0.4, 0.5) is 22.1 Å². The first-order valence-electron chi connectivity index (χ1n) is 10.2. The van der Waals surface area contributed by atoms with Gasteiger partial charge in [-0.1, -0.05) is 12.1 Å². The number of ether oxygens (including phenoxy) is 4. The predicted octanol–water partition coefficient (Wildman–Crippen LogP) is 1.41. The molecular formula is C20H26N6O8. The molecule has 0 atom stereocenters. The molecule has 2 aromatic rings. The van der Waals surface area contributed by atoms with E-state index in [9.17, 15) is 19.7 Å². The van der Waals surface area contributed by atoms with E-state index in [2.05, 4.69) is 14.7 Å². The minimum atomic E-state index is -0.905. The molecule has 184 valence electrons. The van der Waals surface area contributed by atoms with Gasteiger partial charge in [0.2, 0.25) is 11.6 Å². The molecule has 34 heavy (non-hydrogen) atoms. The summed E-state index contributed by atoms with van der Waals surface area (Å²) in [5.41, 5.74) is 11.0. The van der Waals surface area contributed by atoms with Gasteiger partial charge >= 0.3 is 23.8 Å². The Hall–Kier alpha value is -4.20.